The standard InChI is InChI=1S/C10H16N2OS/c13-8-9-2-1-4-12(6-9)7-10-11-3-5-14-10/h3,5,9,13H,1-2,4,6-8H2. The van der Waals surface area contributed by atoms with E-state index < -0.39 is 0 Å². The first kappa shape index (κ1) is 10.1. The molecule has 0 amide bonds. The SMILES string of the molecule is OCC1CCCN(Cc2nccs2)C1. The Morgan fingerprint density at radius 2 is 2.57 bits per heavy atom. The molecular weight excluding hydrogens is 196 g/mol. The monoisotopic (exact) mass is 212 g/mol. The molecular formula is C10H16N2OS. The lowest BCUT2D eigenvalue weighted by atomic mass is 9.99. The summed E-state index contributed by atoms with van der Waals surface area (Å²) in [6.07, 6.45) is 4.23. The van der Waals surface area contributed by atoms with Crippen LogP contribution in [0.15, 0.2) is 11.6 Å². The summed E-state index contributed by atoms with van der Waals surface area (Å²) >= 11 is 1.71. The van der Waals surface area contributed by atoms with Crippen LogP contribution in [0, 0.1) is 5.92 Å². The van der Waals surface area contributed by atoms with Gasteiger partial charge in [-0.3, -0.25) is 4.90 Å². The Morgan fingerprint density at radius 3 is 3.29 bits per heavy atom. The molecule has 1 aromatic heterocycles. The van der Waals surface area contributed by atoms with E-state index in [4.69, 9.17) is 5.11 Å². The lowest BCUT2D eigenvalue weighted by molar-refractivity contribution is 0.116. The number of likely N-dealkylation sites (tertiary alicyclic amines) is 1. The lowest BCUT2D eigenvalue weighted by Gasteiger charge is -2.30. The van der Waals surface area contributed by atoms with Gasteiger partial charge in [0, 0.05) is 24.7 Å². The van der Waals surface area contributed by atoms with Crippen molar-refractivity contribution in [2.24, 2.45) is 5.92 Å². The molecule has 1 fully saturated rings. The molecule has 1 N–H and O–H groups in total. The molecule has 1 atom stereocenters. The zero-order valence-electron chi connectivity index (χ0n) is 8.22. The van der Waals surface area contributed by atoms with Crippen LogP contribution in [-0.2, 0) is 6.54 Å². The topological polar surface area (TPSA) is 36.4 Å². The van der Waals surface area contributed by atoms with Crippen molar-refractivity contribution in [1.82, 2.24) is 9.88 Å². The molecule has 1 aliphatic heterocycles. The molecule has 78 valence electrons. The zero-order chi connectivity index (χ0) is 9.80. The third kappa shape index (κ3) is 2.53. The van der Waals surface area contributed by atoms with Crippen LogP contribution in [0.3, 0.4) is 0 Å². The van der Waals surface area contributed by atoms with Crippen LogP contribution in [-0.4, -0.2) is 34.7 Å². The van der Waals surface area contributed by atoms with E-state index in [0.717, 1.165) is 19.6 Å². The second kappa shape index (κ2) is 4.87. The number of aliphatic hydroxyl groups is 1. The highest BCUT2D eigenvalue weighted by Crippen LogP contribution is 2.18. The minimum Gasteiger partial charge on any atom is -0.396 e. The Bertz CT molecular complexity index is 263. The van der Waals surface area contributed by atoms with Crippen LogP contribution in [0.2, 0.25) is 0 Å². The summed E-state index contributed by atoms with van der Waals surface area (Å²) in [7, 11) is 0. The predicted molar refractivity (Wildman–Crippen MR) is 57.2 cm³/mol. The second-order valence-electron chi connectivity index (χ2n) is 3.85. The summed E-state index contributed by atoms with van der Waals surface area (Å²) in [6, 6.07) is 0. The highest BCUT2D eigenvalue weighted by atomic mass is 32.1. The van der Waals surface area contributed by atoms with Crippen LogP contribution >= 0.6 is 11.3 Å². The highest BCUT2D eigenvalue weighted by molar-refractivity contribution is 7.09. The van der Waals surface area contributed by atoms with Crippen molar-refractivity contribution < 1.29 is 5.11 Å². The molecule has 1 aliphatic rings. The number of hydrogen-bond donors (Lipinski definition) is 1. The van der Waals surface area contributed by atoms with E-state index >= 15 is 0 Å². The fraction of sp³-hybridized carbons (Fsp3) is 0.700. The predicted octanol–water partition coefficient (Wildman–Crippen LogP) is 1.35. The van der Waals surface area contributed by atoms with Crippen molar-refractivity contribution in [2.75, 3.05) is 19.7 Å². The van der Waals surface area contributed by atoms with Gasteiger partial charge in [0.15, 0.2) is 0 Å². The van der Waals surface area contributed by atoms with Gasteiger partial charge in [-0.15, -0.1) is 11.3 Å². The third-order valence-corrected chi connectivity index (χ3v) is 3.47. The largest absolute Gasteiger partial charge is 0.396 e. The average Bonchev–Trinajstić information content (AvgIpc) is 2.71. The van der Waals surface area contributed by atoms with Crippen LogP contribution < -0.4 is 0 Å². The molecule has 4 heteroatoms. The van der Waals surface area contributed by atoms with Gasteiger partial charge in [0.05, 0.1) is 6.54 Å². The Labute approximate surface area is 88.4 Å². The summed E-state index contributed by atoms with van der Waals surface area (Å²) in [5.74, 6) is 0.476. The molecule has 14 heavy (non-hydrogen) atoms. The van der Waals surface area contributed by atoms with Gasteiger partial charge < -0.3 is 5.11 Å². The van der Waals surface area contributed by atoms with Gasteiger partial charge >= 0.3 is 0 Å². The second-order valence-corrected chi connectivity index (χ2v) is 4.83. The van der Waals surface area contributed by atoms with Crippen molar-refractivity contribution in [3.8, 4) is 0 Å². The van der Waals surface area contributed by atoms with E-state index in [1.165, 1.54) is 17.8 Å². The number of aliphatic hydroxyl groups excluding tert-OH is 1. The number of rotatable bonds is 3. The van der Waals surface area contributed by atoms with Crippen molar-refractivity contribution in [3.05, 3.63) is 16.6 Å². The first-order valence-corrected chi connectivity index (χ1v) is 5.98. The maximum atomic E-state index is 9.10. The van der Waals surface area contributed by atoms with Crippen molar-refractivity contribution in [2.45, 2.75) is 19.4 Å². The van der Waals surface area contributed by atoms with E-state index in [1.807, 2.05) is 11.6 Å². The molecule has 0 saturated carbocycles. The number of hydrogen-bond acceptors (Lipinski definition) is 4. The first-order valence-electron chi connectivity index (χ1n) is 5.10. The summed E-state index contributed by atoms with van der Waals surface area (Å²) in [5.41, 5.74) is 0. The Morgan fingerprint density at radius 1 is 1.64 bits per heavy atom. The zero-order valence-corrected chi connectivity index (χ0v) is 9.04. The third-order valence-electron chi connectivity index (χ3n) is 2.70. The number of aromatic nitrogens is 1. The van der Waals surface area contributed by atoms with E-state index in [9.17, 15) is 0 Å². The molecule has 3 nitrogen and oxygen atoms in total. The number of thiazole rings is 1. The smallest absolute Gasteiger partial charge is 0.107 e. The number of nitrogens with zero attached hydrogens (tertiary/aromatic N) is 2. The Hall–Kier alpha value is -0.450. The minimum absolute atomic E-state index is 0.328. The van der Waals surface area contributed by atoms with Crippen LogP contribution in [0.25, 0.3) is 0 Å². The van der Waals surface area contributed by atoms with E-state index in [0.29, 0.717) is 12.5 Å². The minimum atomic E-state index is 0.328. The summed E-state index contributed by atoms with van der Waals surface area (Å²) in [5, 5.41) is 12.3. The van der Waals surface area contributed by atoms with Crippen molar-refractivity contribution >= 4 is 11.3 Å². The summed E-state index contributed by atoms with van der Waals surface area (Å²) < 4.78 is 0. The maximum Gasteiger partial charge on any atom is 0.107 e. The maximum absolute atomic E-state index is 9.10. The van der Waals surface area contributed by atoms with E-state index in [2.05, 4.69) is 9.88 Å². The molecule has 0 spiro atoms. The highest BCUT2D eigenvalue weighted by Gasteiger charge is 2.19. The first-order chi connectivity index (χ1) is 6.88. The molecule has 0 radical (unpaired) electrons. The van der Waals surface area contributed by atoms with Gasteiger partial charge in [0.2, 0.25) is 0 Å². The Kier molecular flexibility index (Phi) is 3.50. The summed E-state index contributed by atoms with van der Waals surface area (Å²) in [6.45, 7) is 3.45. The average molecular weight is 212 g/mol. The van der Waals surface area contributed by atoms with Gasteiger partial charge in [-0.2, -0.15) is 0 Å². The molecule has 1 unspecified atom stereocenters. The van der Waals surface area contributed by atoms with Gasteiger partial charge in [-0.1, -0.05) is 0 Å². The van der Waals surface area contributed by atoms with Gasteiger partial charge in [0.25, 0.3) is 0 Å². The van der Waals surface area contributed by atoms with Gasteiger partial charge in [0.1, 0.15) is 5.01 Å². The normalized spacial score (nSPS) is 23.9. The molecule has 0 bridgehead atoms. The molecule has 1 saturated heterocycles. The van der Waals surface area contributed by atoms with Crippen LogP contribution in [0.4, 0.5) is 0 Å². The molecule has 1 aromatic rings. The van der Waals surface area contributed by atoms with E-state index in [1.54, 1.807) is 11.3 Å². The molecule has 2 heterocycles. The molecule has 2 rings (SSSR count). The van der Waals surface area contributed by atoms with Crippen molar-refractivity contribution in [1.29, 1.82) is 0 Å². The van der Waals surface area contributed by atoms with Gasteiger partial charge in [-0.05, 0) is 25.3 Å². The lowest BCUT2D eigenvalue weighted by Crippen LogP contribution is -2.36. The van der Waals surface area contributed by atoms with Crippen LogP contribution in [0.1, 0.15) is 17.8 Å². The van der Waals surface area contributed by atoms with E-state index in [-0.39, 0.29) is 0 Å². The summed E-state index contributed by atoms with van der Waals surface area (Å²) in [4.78, 5) is 6.67. The quantitative estimate of drug-likeness (QED) is 0.821. The fourth-order valence-corrected chi connectivity index (χ4v) is 2.62. The Balaban J connectivity index is 1.86. The molecule has 0 aliphatic carbocycles. The van der Waals surface area contributed by atoms with Gasteiger partial charge in [-0.25, -0.2) is 4.98 Å². The van der Waals surface area contributed by atoms with Crippen molar-refractivity contribution in [3.63, 3.8) is 0 Å². The fourth-order valence-electron chi connectivity index (χ4n) is 1.97. The van der Waals surface area contributed by atoms with Crippen LogP contribution in [0.5, 0.6) is 0 Å². The number of piperidine rings is 1. The molecule has 0 aromatic carbocycles.